The number of hydrogen-bond donors (Lipinski definition) is 2. The fourth-order valence-corrected chi connectivity index (χ4v) is 3.24. The Kier molecular flexibility index (Phi) is 10.0. The van der Waals surface area contributed by atoms with Gasteiger partial charge in [-0.2, -0.15) is 0 Å². The number of methoxy groups -OCH3 is 2. The fraction of sp³-hybridized carbons (Fsp3) is 0.458. The van der Waals surface area contributed by atoms with E-state index in [2.05, 4.69) is 64.7 Å². The molecular formula is C24H36N4O2. The van der Waals surface area contributed by atoms with Gasteiger partial charge in [-0.25, -0.2) is 0 Å². The molecule has 0 heterocycles. The zero-order chi connectivity index (χ0) is 21.8. The van der Waals surface area contributed by atoms with Crippen LogP contribution in [0.2, 0.25) is 0 Å². The molecule has 0 saturated heterocycles. The van der Waals surface area contributed by atoms with Crippen molar-refractivity contribution in [3.05, 3.63) is 59.2 Å². The highest BCUT2D eigenvalue weighted by Crippen LogP contribution is 2.27. The van der Waals surface area contributed by atoms with Gasteiger partial charge in [0.1, 0.15) is 0 Å². The van der Waals surface area contributed by atoms with Gasteiger partial charge in [-0.3, -0.25) is 9.89 Å². The molecule has 0 radical (unpaired) electrons. The van der Waals surface area contributed by atoms with Crippen LogP contribution in [0.25, 0.3) is 0 Å². The van der Waals surface area contributed by atoms with Gasteiger partial charge >= 0.3 is 0 Å². The third kappa shape index (κ3) is 7.26. The van der Waals surface area contributed by atoms with Crippen LogP contribution in [0.4, 0.5) is 0 Å². The zero-order valence-electron chi connectivity index (χ0n) is 19.0. The van der Waals surface area contributed by atoms with Crippen LogP contribution in [0, 0.1) is 0 Å². The summed E-state index contributed by atoms with van der Waals surface area (Å²) in [6, 6.07) is 14.8. The second-order valence-electron chi connectivity index (χ2n) is 7.07. The van der Waals surface area contributed by atoms with Gasteiger partial charge in [-0.1, -0.05) is 44.2 Å². The maximum Gasteiger partial charge on any atom is 0.191 e. The highest BCUT2D eigenvalue weighted by molar-refractivity contribution is 5.79. The number of rotatable bonds is 11. The molecule has 2 N–H and O–H groups in total. The van der Waals surface area contributed by atoms with Crippen LogP contribution in [0.5, 0.6) is 11.5 Å². The number of hydrogen-bond acceptors (Lipinski definition) is 4. The van der Waals surface area contributed by atoms with Crippen LogP contribution in [-0.4, -0.2) is 51.8 Å². The highest BCUT2D eigenvalue weighted by atomic mass is 16.5. The lowest BCUT2D eigenvalue weighted by molar-refractivity contribution is 0.296. The predicted octanol–water partition coefficient (Wildman–Crippen LogP) is 3.45. The van der Waals surface area contributed by atoms with Crippen molar-refractivity contribution >= 4 is 5.96 Å². The molecule has 2 aromatic carbocycles. The van der Waals surface area contributed by atoms with Crippen LogP contribution >= 0.6 is 0 Å². The number of nitrogens with one attached hydrogen (secondary N) is 2. The molecule has 2 rings (SSSR count). The lowest BCUT2D eigenvalue weighted by Crippen LogP contribution is -2.37. The molecule has 0 fully saturated rings. The van der Waals surface area contributed by atoms with Gasteiger partial charge in [-0.15, -0.1) is 0 Å². The van der Waals surface area contributed by atoms with Crippen molar-refractivity contribution in [1.29, 1.82) is 0 Å². The van der Waals surface area contributed by atoms with Gasteiger partial charge in [0.05, 0.1) is 14.2 Å². The topological polar surface area (TPSA) is 58.1 Å². The first-order chi connectivity index (χ1) is 14.6. The van der Waals surface area contributed by atoms with Gasteiger partial charge in [0.15, 0.2) is 17.5 Å². The Hall–Kier alpha value is -2.73. The molecule has 0 aliphatic heterocycles. The Morgan fingerprint density at radius 1 is 0.867 bits per heavy atom. The summed E-state index contributed by atoms with van der Waals surface area (Å²) in [4.78, 5) is 6.73. The first-order valence-corrected chi connectivity index (χ1v) is 10.6. The van der Waals surface area contributed by atoms with E-state index in [4.69, 9.17) is 9.47 Å². The zero-order valence-corrected chi connectivity index (χ0v) is 19.0. The lowest BCUT2D eigenvalue weighted by atomic mass is 10.1. The first-order valence-electron chi connectivity index (χ1n) is 10.6. The van der Waals surface area contributed by atoms with Crippen molar-refractivity contribution in [2.45, 2.75) is 33.4 Å². The number of ether oxygens (including phenoxy) is 2. The molecule has 0 aromatic heterocycles. The van der Waals surface area contributed by atoms with E-state index in [1.54, 1.807) is 21.3 Å². The van der Waals surface area contributed by atoms with E-state index in [1.807, 2.05) is 12.1 Å². The Morgan fingerprint density at radius 3 is 2.10 bits per heavy atom. The largest absolute Gasteiger partial charge is 0.493 e. The Bertz CT molecular complexity index is 786. The third-order valence-corrected chi connectivity index (χ3v) is 5.16. The van der Waals surface area contributed by atoms with Crippen molar-refractivity contribution < 1.29 is 9.47 Å². The first kappa shape index (κ1) is 23.5. The molecule has 0 aliphatic rings. The molecule has 164 valence electrons. The molecule has 30 heavy (non-hydrogen) atoms. The maximum absolute atomic E-state index is 5.37. The lowest BCUT2D eigenvalue weighted by Gasteiger charge is -2.18. The van der Waals surface area contributed by atoms with E-state index in [9.17, 15) is 0 Å². The molecule has 0 unspecified atom stereocenters. The average molecular weight is 413 g/mol. The minimum Gasteiger partial charge on any atom is -0.493 e. The smallest absolute Gasteiger partial charge is 0.191 e. The summed E-state index contributed by atoms with van der Waals surface area (Å²) in [6.45, 7) is 9.06. The third-order valence-electron chi connectivity index (χ3n) is 5.16. The number of aliphatic imine (C=N–C) groups is 1. The van der Waals surface area contributed by atoms with Crippen LogP contribution in [0.1, 0.15) is 30.5 Å². The molecule has 6 nitrogen and oxygen atoms in total. The summed E-state index contributed by atoms with van der Waals surface area (Å²) < 4.78 is 10.7. The summed E-state index contributed by atoms with van der Waals surface area (Å²) >= 11 is 0. The van der Waals surface area contributed by atoms with E-state index in [0.29, 0.717) is 0 Å². The molecule has 0 aliphatic carbocycles. The normalized spacial score (nSPS) is 11.5. The van der Waals surface area contributed by atoms with Crippen molar-refractivity contribution in [3.63, 3.8) is 0 Å². The molecular weight excluding hydrogens is 376 g/mol. The summed E-state index contributed by atoms with van der Waals surface area (Å²) in [5.41, 5.74) is 3.76. The quantitative estimate of drug-likeness (QED) is 0.437. The van der Waals surface area contributed by atoms with Gasteiger partial charge in [0.2, 0.25) is 0 Å². The molecule has 0 bridgehead atoms. The van der Waals surface area contributed by atoms with Crippen LogP contribution in [-0.2, 0) is 19.5 Å². The molecule has 6 heteroatoms. The second kappa shape index (κ2) is 12.8. The minimum atomic E-state index is 0.738. The van der Waals surface area contributed by atoms with Crippen molar-refractivity contribution in [3.8, 4) is 11.5 Å². The fourth-order valence-electron chi connectivity index (χ4n) is 3.24. The SMILES string of the molecule is CCN(CC)Cc1ccc(CNC(=NC)NCCc2ccc(OC)c(OC)c2)cc1. The maximum atomic E-state index is 5.37. The summed E-state index contributed by atoms with van der Waals surface area (Å²) in [5, 5.41) is 6.75. The van der Waals surface area contributed by atoms with E-state index < -0.39 is 0 Å². The molecule has 0 spiro atoms. The van der Waals surface area contributed by atoms with Crippen molar-refractivity contribution in [1.82, 2.24) is 15.5 Å². The Balaban J connectivity index is 1.79. The van der Waals surface area contributed by atoms with Gasteiger partial charge in [-0.05, 0) is 48.3 Å². The Labute approximate surface area is 181 Å². The van der Waals surface area contributed by atoms with Crippen LogP contribution < -0.4 is 20.1 Å². The number of nitrogens with zero attached hydrogens (tertiary/aromatic N) is 2. The van der Waals surface area contributed by atoms with Gasteiger partial charge < -0.3 is 20.1 Å². The molecule has 0 atom stereocenters. The van der Waals surface area contributed by atoms with Gasteiger partial charge in [0.25, 0.3) is 0 Å². The van der Waals surface area contributed by atoms with Crippen molar-refractivity contribution in [2.24, 2.45) is 4.99 Å². The monoisotopic (exact) mass is 412 g/mol. The average Bonchev–Trinajstić information content (AvgIpc) is 2.80. The Morgan fingerprint density at radius 2 is 1.50 bits per heavy atom. The number of guanidine groups is 1. The molecule has 0 saturated carbocycles. The second-order valence-corrected chi connectivity index (χ2v) is 7.07. The standard InChI is InChI=1S/C24H36N4O2/c1-6-28(7-2)18-21-10-8-20(9-11-21)17-27-24(25-3)26-15-14-19-12-13-22(29-4)23(16-19)30-5/h8-13,16H,6-7,14-15,17-18H2,1-5H3,(H2,25,26,27). The predicted molar refractivity (Wildman–Crippen MR) is 125 cm³/mol. The summed E-state index contributed by atoms with van der Waals surface area (Å²) in [7, 11) is 5.09. The van der Waals surface area contributed by atoms with E-state index in [-0.39, 0.29) is 0 Å². The molecule has 0 amide bonds. The molecule has 2 aromatic rings. The van der Waals surface area contributed by atoms with Crippen LogP contribution in [0.3, 0.4) is 0 Å². The number of benzene rings is 2. The minimum absolute atomic E-state index is 0.738. The summed E-state index contributed by atoms with van der Waals surface area (Å²) in [5.74, 6) is 2.29. The van der Waals surface area contributed by atoms with E-state index >= 15 is 0 Å². The highest BCUT2D eigenvalue weighted by Gasteiger charge is 2.05. The van der Waals surface area contributed by atoms with Crippen molar-refractivity contribution in [2.75, 3.05) is 40.9 Å². The van der Waals surface area contributed by atoms with Gasteiger partial charge in [0, 0.05) is 26.7 Å². The van der Waals surface area contributed by atoms with E-state index in [0.717, 1.165) is 56.6 Å². The summed E-state index contributed by atoms with van der Waals surface area (Å²) in [6.07, 6.45) is 0.862. The van der Waals surface area contributed by atoms with Crippen LogP contribution in [0.15, 0.2) is 47.5 Å². The van der Waals surface area contributed by atoms with E-state index in [1.165, 1.54) is 16.7 Å².